The minimum absolute atomic E-state index is 0.128. The van der Waals surface area contributed by atoms with Crippen molar-refractivity contribution >= 4 is 5.69 Å². The number of nitro groups is 1. The molecule has 2 aromatic carbocycles. The molecule has 0 aliphatic carbocycles. The molecule has 2 unspecified atom stereocenters. The second-order valence-electron chi connectivity index (χ2n) is 7.19. The minimum atomic E-state index is -0.363. The highest BCUT2D eigenvalue weighted by Crippen LogP contribution is 2.41. The molecule has 144 valence electrons. The van der Waals surface area contributed by atoms with E-state index in [1.54, 1.807) is 26.4 Å². The quantitative estimate of drug-likeness (QED) is 0.568. The average molecular weight is 370 g/mol. The van der Waals surface area contributed by atoms with Crippen LogP contribution >= 0.6 is 0 Å². The average Bonchev–Trinajstić information content (AvgIpc) is 2.67. The van der Waals surface area contributed by atoms with Gasteiger partial charge >= 0.3 is 0 Å². The Hall–Kier alpha value is -2.60. The number of nitro benzene ring substituents is 1. The predicted octanol–water partition coefficient (Wildman–Crippen LogP) is 4.02. The van der Waals surface area contributed by atoms with Crippen LogP contribution in [0.3, 0.4) is 0 Å². The molecule has 0 N–H and O–H groups in total. The van der Waals surface area contributed by atoms with Crippen molar-refractivity contribution in [2.24, 2.45) is 5.92 Å². The molecular weight excluding hydrogens is 344 g/mol. The first kappa shape index (κ1) is 19.2. The van der Waals surface area contributed by atoms with E-state index in [-0.39, 0.29) is 16.7 Å². The van der Waals surface area contributed by atoms with Crippen molar-refractivity contribution in [1.82, 2.24) is 4.90 Å². The molecular formula is C21H26N2O4. The Balaban J connectivity index is 1.88. The van der Waals surface area contributed by atoms with E-state index in [1.165, 1.54) is 11.1 Å². The molecule has 6 nitrogen and oxygen atoms in total. The summed E-state index contributed by atoms with van der Waals surface area (Å²) in [7, 11) is 5.47. The van der Waals surface area contributed by atoms with E-state index in [0.29, 0.717) is 5.92 Å². The van der Waals surface area contributed by atoms with Crippen LogP contribution in [0.1, 0.15) is 29.7 Å². The molecule has 1 heterocycles. The van der Waals surface area contributed by atoms with Gasteiger partial charge in [0.2, 0.25) is 0 Å². The molecule has 0 fully saturated rings. The van der Waals surface area contributed by atoms with Gasteiger partial charge < -0.3 is 9.47 Å². The van der Waals surface area contributed by atoms with E-state index in [2.05, 4.69) is 31.0 Å². The lowest BCUT2D eigenvalue weighted by Gasteiger charge is -2.39. The van der Waals surface area contributed by atoms with Crippen molar-refractivity contribution < 1.29 is 14.4 Å². The number of methoxy groups -OCH3 is 2. The monoisotopic (exact) mass is 370 g/mol. The Labute approximate surface area is 159 Å². The summed E-state index contributed by atoms with van der Waals surface area (Å²) < 4.78 is 11.0. The fourth-order valence-corrected chi connectivity index (χ4v) is 4.08. The van der Waals surface area contributed by atoms with Crippen molar-refractivity contribution in [2.45, 2.75) is 25.8 Å². The van der Waals surface area contributed by atoms with Crippen LogP contribution in [0.4, 0.5) is 5.69 Å². The number of ether oxygens (including phenoxy) is 2. The third-order valence-corrected chi connectivity index (χ3v) is 5.42. The fourth-order valence-electron chi connectivity index (χ4n) is 4.08. The summed E-state index contributed by atoms with van der Waals surface area (Å²) in [5, 5.41) is 10.9. The third-order valence-electron chi connectivity index (χ3n) is 5.42. The number of hydrogen-bond donors (Lipinski definition) is 0. The van der Waals surface area contributed by atoms with Crippen LogP contribution in [0.5, 0.6) is 11.5 Å². The van der Waals surface area contributed by atoms with E-state index >= 15 is 0 Å². The maximum absolute atomic E-state index is 10.9. The number of likely N-dealkylation sites (N-methyl/N-ethyl adjacent to an activating group) is 1. The Kier molecular flexibility index (Phi) is 5.65. The van der Waals surface area contributed by atoms with Gasteiger partial charge in [0.15, 0.2) is 11.5 Å². The third kappa shape index (κ3) is 3.90. The minimum Gasteiger partial charge on any atom is -0.493 e. The highest BCUT2D eigenvalue weighted by molar-refractivity contribution is 5.49. The van der Waals surface area contributed by atoms with Gasteiger partial charge in [-0.3, -0.25) is 15.0 Å². The number of fused-ring (bicyclic) bond motifs is 1. The van der Waals surface area contributed by atoms with Gasteiger partial charge in [0.1, 0.15) is 0 Å². The SMILES string of the molecule is COc1cc2c(cc1OC)C(C(C)Cc1ccc([N+](=O)[O-])cc1)N(C)CC2. The maximum atomic E-state index is 10.9. The second kappa shape index (κ2) is 7.96. The zero-order valence-corrected chi connectivity index (χ0v) is 16.3. The first-order valence-corrected chi connectivity index (χ1v) is 9.13. The predicted molar refractivity (Wildman–Crippen MR) is 105 cm³/mol. The number of non-ortho nitro benzene ring substituents is 1. The standard InChI is InChI=1S/C21H26N2O4/c1-14(11-15-5-7-17(8-6-15)23(24)25)21-18-13-20(27-4)19(26-3)12-16(18)9-10-22(21)2/h5-8,12-14,21H,9-11H2,1-4H3. The zero-order valence-electron chi connectivity index (χ0n) is 16.3. The van der Waals surface area contributed by atoms with Gasteiger partial charge in [-0.1, -0.05) is 19.1 Å². The summed E-state index contributed by atoms with van der Waals surface area (Å²) >= 11 is 0. The number of rotatable bonds is 6. The smallest absolute Gasteiger partial charge is 0.269 e. The molecule has 1 aliphatic rings. The molecule has 6 heteroatoms. The number of hydrogen-bond acceptors (Lipinski definition) is 5. The van der Waals surface area contributed by atoms with Crippen molar-refractivity contribution in [2.75, 3.05) is 27.8 Å². The van der Waals surface area contributed by atoms with Crippen LogP contribution in [0.15, 0.2) is 36.4 Å². The maximum Gasteiger partial charge on any atom is 0.269 e. The molecule has 0 amide bonds. The van der Waals surface area contributed by atoms with Crippen molar-refractivity contribution in [1.29, 1.82) is 0 Å². The molecule has 0 aromatic heterocycles. The molecule has 2 atom stereocenters. The normalized spacial score (nSPS) is 17.9. The summed E-state index contributed by atoms with van der Waals surface area (Å²) in [6.45, 7) is 3.21. The summed E-state index contributed by atoms with van der Waals surface area (Å²) in [6.07, 6.45) is 1.83. The van der Waals surface area contributed by atoms with Crippen molar-refractivity contribution in [3.63, 3.8) is 0 Å². The number of benzene rings is 2. The Morgan fingerprint density at radius 3 is 2.41 bits per heavy atom. The first-order chi connectivity index (χ1) is 12.9. The summed E-state index contributed by atoms with van der Waals surface area (Å²) in [4.78, 5) is 12.9. The summed E-state index contributed by atoms with van der Waals surface area (Å²) in [5.74, 6) is 1.86. The fraction of sp³-hybridized carbons (Fsp3) is 0.429. The summed E-state index contributed by atoms with van der Waals surface area (Å²) in [5.41, 5.74) is 3.81. The highest BCUT2D eigenvalue weighted by atomic mass is 16.6. The van der Waals surface area contributed by atoms with Gasteiger partial charge in [0, 0.05) is 24.7 Å². The van der Waals surface area contributed by atoms with E-state index in [0.717, 1.165) is 36.4 Å². The molecule has 0 radical (unpaired) electrons. The van der Waals surface area contributed by atoms with E-state index in [4.69, 9.17) is 9.47 Å². The van der Waals surface area contributed by atoms with Gasteiger partial charge in [0.25, 0.3) is 5.69 Å². The van der Waals surface area contributed by atoms with Gasteiger partial charge in [-0.2, -0.15) is 0 Å². The second-order valence-corrected chi connectivity index (χ2v) is 7.19. The van der Waals surface area contributed by atoms with Crippen LogP contribution in [-0.4, -0.2) is 37.6 Å². The highest BCUT2D eigenvalue weighted by Gasteiger charge is 2.31. The molecule has 0 bridgehead atoms. The first-order valence-electron chi connectivity index (χ1n) is 9.13. The van der Waals surface area contributed by atoms with Crippen LogP contribution in [-0.2, 0) is 12.8 Å². The lowest BCUT2D eigenvalue weighted by atomic mass is 9.82. The number of nitrogens with zero attached hydrogens (tertiary/aromatic N) is 2. The van der Waals surface area contributed by atoms with Crippen LogP contribution in [0.25, 0.3) is 0 Å². The van der Waals surface area contributed by atoms with Crippen LogP contribution in [0, 0.1) is 16.0 Å². The van der Waals surface area contributed by atoms with Gasteiger partial charge in [0.05, 0.1) is 19.1 Å². The lowest BCUT2D eigenvalue weighted by molar-refractivity contribution is -0.384. The van der Waals surface area contributed by atoms with Gasteiger partial charge in [-0.05, 0) is 54.6 Å². The van der Waals surface area contributed by atoms with Crippen LogP contribution in [0.2, 0.25) is 0 Å². The molecule has 1 aliphatic heterocycles. The largest absolute Gasteiger partial charge is 0.493 e. The topological polar surface area (TPSA) is 64.8 Å². The lowest BCUT2D eigenvalue weighted by Crippen LogP contribution is -2.36. The Morgan fingerprint density at radius 1 is 1.19 bits per heavy atom. The Morgan fingerprint density at radius 2 is 1.81 bits per heavy atom. The van der Waals surface area contributed by atoms with Crippen molar-refractivity contribution in [3.05, 3.63) is 63.2 Å². The molecule has 0 spiro atoms. The molecule has 0 saturated carbocycles. The molecule has 27 heavy (non-hydrogen) atoms. The van der Waals surface area contributed by atoms with E-state index in [1.807, 2.05) is 12.1 Å². The Bertz CT molecular complexity index is 820. The molecule has 2 aromatic rings. The van der Waals surface area contributed by atoms with Crippen LogP contribution < -0.4 is 9.47 Å². The van der Waals surface area contributed by atoms with Gasteiger partial charge in [-0.25, -0.2) is 0 Å². The summed E-state index contributed by atoms with van der Waals surface area (Å²) in [6, 6.07) is 11.3. The van der Waals surface area contributed by atoms with Gasteiger partial charge in [-0.15, -0.1) is 0 Å². The molecule has 3 rings (SSSR count). The van der Waals surface area contributed by atoms with E-state index in [9.17, 15) is 10.1 Å². The zero-order chi connectivity index (χ0) is 19.6. The molecule has 0 saturated heterocycles. The van der Waals surface area contributed by atoms with Crippen molar-refractivity contribution in [3.8, 4) is 11.5 Å². The van der Waals surface area contributed by atoms with E-state index < -0.39 is 0 Å².